The first-order chi connectivity index (χ1) is 4.93. The van der Waals surface area contributed by atoms with Crippen molar-refractivity contribution >= 4 is 0 Å². The van der Waals surface area contributed by atoms with Crippen LogP contribution in [0.1, 0.15) is 44.9 Å². The summed E-state index contributed by atoms with van der Waals surface area (Å²) in [5.41, 5.74) is 0. The summed E-state index contributed by atoms with van der Waals surface area (Å²) >= 11 is 0. The van der Waals surface area contributed by atoms with Crippen LogP contribution in [0.3, 0.4) is 0 Å². The van der Waals surface area contributed by atoms with Crippen molar-refractivity contribution in [3.8, 4) is 0 Å². The van der Waals surface area contributed by atoms with Gasteiger partial charge in [-0.3, -0.25) is 0 Å². The lowest BCUT2D eigenvalue weighted by molar-refractivity contribution is 0.253. The lowest BCUT2D eigenvalue weighted by atomic mass is 9.86. The molecule has 0 unspecified atom stereocenters. The van der Waals surface area contributed by atoms with E-state index in [9.17, 15) is 0 Å². The fraction of sp³-hybridized carbons (Fsp3) is 1.00. The first kappa shape index (κ1) is 8.06. The average Bonchev–Trinajstić information content (AvgIpc) is 2.03. The maximum absolute atomic E-state index is 8.60. The molecule has 0 aromatic rings. The molecule has 1 fully saturated rings. The summed E-state index contributed by atoms with van der Waals surface area (Å²) < 4.78 is 0. The molecule has 1 aliphatic carbocycles. The van der Waals surface area contributed by atoms with Gasteiger partial charge in [0, 0.05) is 6.61 Å². The predicted octanol–water partition coefficient (Wildman–Crippen LogP) is 2.34. The van der Waals surface area contributed by atoms with E-state index in [4.69, 9.17) is 5.11 Å². The maximum atomic E-state index is 8.60. The number of rotatable bonds is 3. The molecule has 60 valence electrons. The molecule has 0 atom stereocenters. The van der Waals surface area contributed by atoms with Crippen molar-refractivity contribution in [1.82, 2.24) is 0 Å². The smallest absolute Gasteiger partial charge is 0.0431 e. The molecular formula is C9H18O. The molecule has 0 aromatic heterocycles. The highest BCUT2D eigenvalue weighted by atomic mass is 16.2. The molecule has 0 aromatic carbocycles. The van der Waals surface area contributed by atoms with Crippen molar-refractivity contribution in [2.45, 2.75) is 44.9 Å². The van der Waals surface area contributed by atoms with E-state index in [2.05, 4.69) is 0 Å². The van der Waals surface area contributed by atoms with Gasteiger partial charge in [-0.1, -0.05) is 32.1 Å². The second-order valence-corrected chi connectivity index (χ2v) is 3.37. The Kier molecular flexibility index (Phi) is 3.81. The third-order valence-electron chi connectivity index (χ3n) is 2.50. The molecule has 1 N–H and O–H groups in total. The zero-order valence-electron chi connectivity index (χ0n) is 6.68. The normalized spacial score (nSPS) is 21.3. The second-order valence-electron chi connectivity index (χ2n) is 3.37. The molecule has 1 aliphatic rings. The zero-order valence-corrected chi connectivity index (χ0v) is 6.68. The van der Waals surface area contributed by atoms with E-state index >= 15 is 0 Å². The highest BCUT2D eigenvalue weighted by molar-refractivity contribution is 4.65. The minimum Gasteiger partial charge on any atom is -0.396 e. The Labute approximate surface area is 63.4 Å². The Hall–Kier alpha value is -0.0400. The molecule has 0 radical (unpaired) electrons. The van der Waals surface area contributed by atoms with E-state index in [0.717, 1.165) is 12.3 Å². The van der Waals surface area contributed by atoms with Crippen LogP contribution >= 0.6 is 0 Å². The summed E-state index contributed by atoms with van der Waals surface area (Å²) in [4.78, 5) is 0. The predicted molar refractivity (Wildman–Crippen MR) is 42.9 cm³/mol. The van der Waals surface area contributed by atoms with Gasteiger partial charge in [-0.2, -0.15) is 0 Å². The Morgan fingerprint density at radius 2 is 1.80 bits per heavy atom. The summed E-state index contributed by atoms with van der Waals surface area (Å²) in [6, 6.07) is 0. The van der Waals surface area contributed by atoms with Crippen LogP contribution in [0.15, 0.2) is 0 Å². The van der Waals surface area contributed by atoms with Gasteiger partial charge in [0.15, 0.2) is 0 Å². The van der Waals surface area contributed by atoms with Crippen LogP contribution in [0, 0.1) is 5.92 Å². The van der Waals surface area contributed by atoms with E-state index < -0.39 is 0 Å². The van der Waals surface area contributed by atoms with E-state index in [0.29, 0.717) is 6.61 Å². The van der Waals surface area contributed by atoms with Gasteiger partial charge >= 0.3 is 0 Å². The van der Waals surface area contributed by atoms with Crippen LogP contribution in [-0.4, -0.2) is 11.7 Å². The summed E-state index contributed by atoms with van der Waals surface area (Å²) in [7, 11) is 0. The van der Waals surface area contributed by atoms with Crippen molar-refractivity contribution in [3.05, 3.63) is 0 Å². The lowest BCUT2D eigenvalue weighted by Gasteiger charge is -2.20. The highest BCUT2D eigenvalue weighted by Gasteiger charge is 2.11. The summed E-state index contributed by atoms with van der Waals surface area (Å²) in [6.45, 7) is 0.385. The Morgan fingerprint density at radius 1 is 1.10 bits per heavy atom. The molecule has 0 spiro atoms. The molecule has 1 rings (SSSR count). The van der Waals surface area contributed by atoms with Crippen LogP contribution in [0.2, 0.25) is 0 Å². The second kappa shape index (κ2) is 4.73. The van der Waals surface area contributed by atoms with E-state index in [1.54, 1.807) is 0 Å². The van der Waals surface area contributed by atoms with Gasteiger partial charge in [-0.25, -0.2) is 0 Å². The van der Waals surface area contributed by atoms with Gasteiger partial charge in [0.2, 0.25) is 0 Å². The van der Waals surface area contributed by atoms with Gasteiger partial charge in [0.25, 0.3) is 0 Å². The molecule has 0 amide bonds. The van der Waals surface area contributed by atoms with Crippen LogP contribution in [0.4, 0.5) is 0 Å². The Bertz CT molecular complexity index is 74.8. The minimum absolute atomic E-state index is 0.385. The van der Waals surface area contributed by atoms with Gasteiger partial charge in [-0.15, -0.1) is 0 Å². The van der Waals surface area contributed by atoms with Crippen molar-refractivity contribution in [2.75, 3.05) is 6.61 Å². The number of aliphatic hydroxyl groups is 1. The van der Waals surface area contributed by atoms with E-state index in [1.807, 2.05) is 0 Å². The number of aliphatic hydroxyl groups excluding tert-OH is 1. The molecule has 0 heterocycles. The monoisotopic (exact) mass is 142 g/mol. The largest absolute Gasteiger partial charge is 0.396 e. The standard InChI is InChI=1S/C9H18O/c10-8-4-7-9-5-2-1-3-6-9/h9-10H,1-8H2. The molecule has 1 saturated carbocycles. The van der Waals surface area contributed by atoms with Gasteiger partial charge in [-0.05, 0) is 18.8 Å². The molecule has 0 bridgehead atoms. The van der Waals surface area contributed by atoms with Crippen LogP contribution < -0.4 is 0 Å². The molecule has 10 heavy (non-hydrogen) atoms. The fourth-order valence-electron chi connectivity index (χ4n) is 1.86. The fourth-order valence-corrected chi connectivity index (χ4v) is 1.86. The van der Waals surface area contributed by atoms with Crippen LogP contribution in [0.25, 0.3) is 0 Å². The first-order valence-electron chi connectivity index (χ1n) is 4.54. The van der Waals surface area contributed by atoms with Gasteiger partial charge in [0.05, 0.1) is 0 Å². The number of hydrogen-bond donors (Lipinski definition) is 1. The summed E-state index contributed by atoms with van der Waals surface area (Å²) in [5, 5.41) is 8.60. The molecule has 1 nitrogen and oxygen atoms in total. The third kappa shape index (κ3) is 2.70. The molecule has 0 saturated heterocycles. The third-order valence-corrected chi connectivity index (χ3v) is 2.50. The van der Waals surface area contributed by atoms with Crippen molar-refractivity contribution in [2.24, 2.45) is 5.92 Å². The average molecular weight is 142 g/mol. The van der Waals surface area contributed by atoms with Gasteiger partial charge < -0.3 is 5.11 Å². The maximum Gasteiger partial charge on any atom is 0.0431 e. The summed E-state index contributed by atoms with van der Waals surface area (Å²) in [5.74, 6) is 0.945. The van der Waals surface area contributed by atoms with Crippen LogP contribution in [0.5, 0.6) is 0 Å². The number of hydrogen-bond acceptors (Lipinski definition) is 1. The van der Waals surface area contributed by atoms with E-state index in [-0.39, 0.29) is 0 Å². The minimum atomic E-state index is 0.385. The highest BCUT2D eigenvalue weighted by Crippen LogP contribution is 2.26. The Morgan fingerprint density at radius 3 is 2.40 bits per heavy atom. The van der Waals surface area contributed by atoms with Crippen molar-refractivity contribution in [1.29, 1.82) is 0 Å². The quantitative estimate of drug-likeness (QED) is 0.641. The SMILES string of the molecule is OCCCC1CCCCC1. The van der Waals surface area contributed by atoms with E-state index in [1.165, 1.54) is 38.5 Å². The Balaban J connectivity index is 2.02. The molecule has 0 aliphatic heterocycles. The molecule has 1 heteroatoms. The summed E-state index contributed by atoms with van der Waals surface area (Å²) in [6.07, 6.45) is 9.41. The molecular weight excluding hydrogens is 124 g/mol. The van der Waals surface area contributed by atoms with Crippen molar-refractivity contribution in [3.63, 3.8) is 0 Å². The lowest BCUT2D eigenvalue weighted by Crippen LogP contribution is -2.06. The first-order valence-corrected chi connectivity index (χ1v) is 4.54. The van der Waals surface area contributed by atoms with Crippen molar-refractivity contribution < 1.29 is 5.11 Å². The van der Waals surface area contributed by atoms with Crippen LogP contribution in [-0.2, 0) is 0 Å². The zero-order chi connectivity index (χ0) is 7.23. The van der Waals surface area contributed by atoms with Gasteiger partial charge in [0.1, 0.15) is 0 Å². The topological polar surface area (TPSA) is 20.2 Å².